The molecule has 2 aliphatic rings. The third kappa shape index (κ3) is 4.47. The lowest BCUT2D eigenvalue weighted by molar-refractivity contribution is 0.257. The van der Waals surface area contributed by atoms with Crippen LogP contribution in [-0.4, -0.2) is 0 Å². The third-order valence-corrected chi connectivity index (χ3v) is 8.81. The molecule has 0 amide bonds. The zero-order valence-corrected chi connectivity index (χ0v) is 23.7. The molecule has 0 heterocycles. The molecular weight excluding hydrogens is 420 g/mol. The van der Waals surface area contributed by atoms with Gasteiger partial charge in [-0.15, -0.1) is 0 Å². The maximum absolute atomic E-state index is 2.59. The quantitative estimate of drug-likeness (QED) is 0.325. The molecule has 0 aromatic heterocycles. The molecule has 2 aromatic carbocycles. The zero-order chi connectivity index (χ0) is 25.3. The van der Waals surface area contributed by atoms with E-state index in [0.717, 1.165) is 0 Å². The molecule has 2 atom stereocenters. The fourth-order valence-electron chi connectivity index (χ4n) is 7.44. The Labute approximate surface area is 215 Å². The van der Waals surface area contributed by atoms with Crippen molar-refractivity contribution >= 4 is 11.1 Å². The van der Waals surface area contributed by atoms with E-state index >= 15 is 0 Å². The number of fused-ring (bicyclic) bond motifs is 2. The maximum Gasteiger partial charge on any atom is 0.0123 e. The molecule has 188 valence electrons. The zero-order valence-electron chi connectivity index (χ0n) is 23.7. The summed E-state index contributed by atoms with van der Waals surface area (Å²) in [6.07, 6.45) is 7.48. The highest BCUT2D eigenvalue weighted by Gasteiger charge is 2.50. The fourth-order valence-corrected chi connectivity index (χ4v) is 7.44. The molecular formula is C35H48. The van der Waals surface area contributed by atoms with Crippen LogP contribution in [0.5, 0.6) is 0 Å². The lowest BCUT2D eigenvalue weighted by Crippen LogP contribution is -2.32. The summed E-state index contributed by atoms with van der Waals surface area (Å²) >= 11 is 0. The minimum Gasteiger partial charge on any atom is -0.0654 e. The number of benzene rings is 2. The van der Waals surface area contributed by atoms with Gasteiger partial charge in [0.2, 0.25) is 0 Å². The normalized spacial score (nSPS) is 19.8. The Morgan fingerprint density at radius 2 is 1.00 bits per heavy atom. The summed E-state index contributed by atoms with van der Waals surface area (Å²) in [5, 5.41) is 0. The van der Waals surface area contributed by atoms with Crippen molar-refractivity contribution in [1.82, 2.24) is 0 Å². The number of hydrogen-bond donors (Lipinski definition) is 0. The molecule has 0 fully saturated rings. The molecule has 0 aliphatic heterocycles. The van der Waals surface area contributed by atoms with Crippen molar-refractivity contribution in [1.29, 1.82) is 0 Å². The molecule has 35 heavy (non-hydrogen) atoms. The molecule has 0 nitrogen and oxygen atoms in total. The van der Waals surface area contributed by atoms with E-state index in [2.05, 4.69) is 104 Å². The first-order valence-corrected chi connectivity index (χ1v) is 14.4. The predicted molar refractivity (Wildman–Crippen MR) is 155 cm³/mol. The standard InChI is InChI=1S/C35H48/c1-9-11-17-27-25-19-13-15-21-29(25)33(31(27)23(3)4)35(7,8)34-30-22-16-14-20-26(30)28(18-12-10-2)32(34)24(5)6/h13-16,19-24,33-34H,9-12,17-18H2,1-8H3. The van der Waals surface area contributed by atoms with E-state index in [1.807, 2.05) is 0 Å². The van der Waals surface area contributed by atoms with Gasteiger partial charge in [0.1, 0.15) is 0 Å². The number of rotatable bonds is 10. The Morgan fingerprint density at radius 1 is 0.629 bits per heavy atom. The van der Waals surface area contributed by atoms with Crippen LogP contribution in [0.25, 0.3) is 11.1 Å². The SMILES string of the molecule is CCCCC1=C(C(C)C)C(C(C)(C)C2C(C(C)C)=C(CCCC)c3ccccc32)c2ccccc21. The van der Waals surface area contributed by atoms with Gasteiger partial charge in [0, 0.05) is 11.8 Å². The third-order valence-electron chi connectivity index (χ3n) is 8.81. The van der Waals surface area contributed by atoms with Crippen molar-refractivity contribution in [2.24, 2.45) is 17.3 Å². The molecule has 0 N–H and O–H groups in total. The smallest absolute Gasteiger partial charge is 0.0123 e. The molecule has 2 aliphatic carbocycles. The number of hydrogen-bond acceptors (Lipinski definition) is 0. The van der Waals surface area contributed by atoms with E-state index in [1.165, 1.54) is 49.7 Å². The summed E-state index contributed by atoms with van der Waals surface area (Å²) in [5.41, 5.74) is 13.1. The summed E-state index contributed by atoms with van der Waals surface area (Å²) in [6.45, 7) is 19.6. The monoisotopic (exact) mass is 468 g/mol. The number of unbranched alkanes of at least 4 members (excludes halogenated alkanes) is 2. The lowest BCUT2D eigenvalue weighted by atomic mass is 9.60. The number of allylic oxidation sites excluding steroid dienone is 4. The molecule has 0 spiro atoms. The van der Waals surface area contributed by atoms with E-state index in [4.69, 9.17) is 0 Å². The summed E-state index contributed by atoms with van der Waals surface area (Å²) < 4.78 is 0. The van der Waals surface area contributed by atoms with Crippen LogP contribution in [0.4, 0.5) is 0 Å². The highest BCUT2D eigenvalue weighted by atomic mass is 14.5. The van der Waals surface area contributed by atoms with Gasteiger partial charge in [0.15, 0.2) is 0 Å². The molecule has 0 radical (unpaired) electrons. The van der Waals surface area contributed by atoms with Gasteiger partial charge in [-0.3, -0.25) is 0 Å². The molecule has 4 rings (SSSR count). The van der Waals surface area contributed by atoms with Crippen molar-refractivity contribution in [2.75, 3.05) is 0 Å². The summed E-state index contributed by atoms with van der Waals surface area (Å²) in [4.78, 5) is 0. The predicted octanol–water partition coefficient (Wildman–Crippen LogP) is 10.8. The van der Waals surface area contributed by atoms with E-state index in [0.29, 0.717) is 23.7 Å². The van der Waals surface area contributed by atoms with Gasteiger partial charge in [0.25, 0.3) is 0 Å². The van der Waals surface area contributed by atoms with Crippen LogP contribution in [-0.2, 0) is 0 Å². The van der Waals surface area contributed by atoms with Crippen molar-refractivity contribution in [3.63, 3.8) is 0 Å². The first-order chi connectivity index (χ1) is 16.8. The fraction of sp³-hybridized carbons (Fsp3) is 0.543. The van der Waals surface area contributed by atoms with E-state index in [9.17, 15) is 0 Å². The highest BCUT2D eigenvalue weighted by Crippen LogP contribution is 2.63. The Hall–Kier alpha value is -2.08. The second-order valence-corrected chi connectivity index (χ2v) is 12.2. The first-order valence-electron chi connectivity index (χ1n) is 14.4. The van der Waals surface area contributed by atoms with Gasteiger partial charge in [-0.25, -0.2) is 0 Å². The Bertz CT molecular complexity index is 1020. The van der Waals surface area contributed by atoms with Crippen molar-refractivity contribution < 1.29 is 0 Å². The van der Waals surface area contributed by atoms with Crippen LogP contribution in [0.1, 0.15) is 128 Å². The average Bonchev–Trinajstić information content (AvgIpc) is 3.35. The van der Waals surface area contributed by atoms with Crippen LogP contribution in [0.3, 0.4) is 0 Å². The maximum atomic E-state index is 2.59. The van der Waals surface area contributed by atoms with Crippen LogP contribution in [0.15, 0.2) is 59.7 Å². The molecule has 0 bridgehead atoms. The minimum absolute atomic E-state index is 0.0906. The Kier molecular flexibility index (Phi) is 7.80. The van der Waals surface area contributed by atoms with Gasteiger partial charge in [-0.2, -0.15) is 0 Å². The van der Waals surface area contributed by atoms with Crippen LogP contribution >= 0.6 is 0 Å². The van der Waals surface area contributed by atoms with E-state index in [-0.39, 0.29) is 5.41 Å². The molecule has 0 saturated heterocycles. The second-order valence-electron chi connectivity index (χ2n) is 12.2. The van der Waals surface area contributed by atoms with Crippen molar-refractivity contribution in [2.45, 2.75) is 106 Å². The van der Waals surface area contributed by atoms with Gasteiger partial charge < -0.3 is 0 Å². The molecule has 0 heteroatoms. The van der Waals surface area contributed by atoms with E-state index < -0.39 is 0 Å². The first kappa shape index (κ1) is 26.0. The van der Waals surface area contributed by atoms with Crippen LogP contribution in [0, 0.1) is 17.3 Å². The van der Waals surface area contributed by atoms with Crippen LogP contribution < -0.4 is 0 Å². The van der Waals surface area contributed by atoms with E-state index in [1.54, 1.807) is 33.4 Å². The Morgan fingerprint density at radius 3 is 1.34 bits per heavy atom. The second kappa shape index (κ2) is 10.5. The minimum atomic E-state index is 0.0906. The summed E-state index contributed by atoms with van der Waals surface area (Å²) in [5.74, 6) is 2.04. The van der Waals surface area contributed by atoms with Crippen molar-refractivity contribution in [3.8, 4) is 0 Å². The largest absolute Gasteiger partial charge is 0.0654 e. The highest BCUT2D eigenvalue weighted by molar-refractivity contribution is 5.82. The topological polar surface area (TPSA) is 0 Å². The molecule has 0 saturated carbocycles. The molecule has 2 aromatic rings. The van der Waals surface area contributed by atoms with Gasteiger partial charge in [-0.05, 0) is 76.3 Å². The average molecular weight is 469 g/mol. The van der Waals surface area contributed by atoms with Crippen molar-refractivity contribution in [3.05, 3.63) is 81.9 Å². The lowest BCUT2D eigenvalue weighted by Gasteiger charge is -2.43. The van der Waals surface area contributed by atoms with Gasteiger partial charge >= 0.3 is 0 Å². The Balaban J connectivity index is 1.93. The summed E-state index contributed by atoms with van der Waals surface area (Å²) in [6, 6.07) is 18.8. The van der Waals surface area contributed by atoms with Gasteiger partial charge in [0.05, 0.1) is 0 Å². The van der Waals surface area contributed by atoms with Gasteiger partial charge in [-0.1, -0.05) is 128 Å². The molecule has 2 unspecified atom stereocenters. The summed E-state index contributed by atoms with van der Waals surface area (Å²) in [7, 11) is 0. The van der Waals surface area contributed by atoms with Crippen LogP contribution in [0.2, 0.25) is 0 Å².